The van der Waals surface area contributed by atoms with E-state index < -0.39 is 0 Å². The molecule has 2 aliphatic heterocycles. The third kappa shape index (κ3) is 3.34. The third-order valence-corrected chi connectivity index (χ3v) is 4.93. The maximum atomic E-state index is 12.1. The second-order valence-electron chi connectivity index (χ2n) is 5.32. The van der Waals surface area contributed by atoms with Gasteiger partial charge in [-0.05, 0) is 42.1 Å². The number of likely N-dealkylation sites (N-methyl/N-ethyl adjacent to an activating group) is 1. The highest BCUT2D eigenvalue weighted by atomic mass is 32.2. The zero-order chi connectivity index (χ0) is 15.5. The van der Waals surface area contributed by atoms with Crippen molar-refractivity contribution in [2.75, 3.05) is 32.7 Å². The molecule has 1 aromatic carbocycles. The number of carbonyl (C=O) groups is 1. The van der Waals surface area contributed by atoms with E-state index in [1.165, 1.54) is 11.8 Å². The highest BCUT2D eigenvalue weighted by Crippen LogP contribution is 2.30. The van der Waals surface area contributed by atoms with Gasteiger partial charge in [-0.3, -0.25) is 4.79 Å². The summed E-state index contributed by atoms with van der Waals surface area (Å²) in [6, 6.07) is 6.80. The molecule has 1 saturated heterocycles. The summed E-state index contributed by atoms with van der Waals surface area (Å²) in [6.45, 7) is 7.10. The normalized spacial score (nSPS) is 21.5. The molecule has 6 heteroatoms. The quantitative estimate of drug-likeness (QED) is 0.846. The lowest BCUT2D eigenvalue weighted by Crippen LogP contribution is -2.47. The first-order valence-electron chi connectivity index (χ1n) is 7.44. The number of phenolic OH excluding ortho intramolecular Hbond substituents is 1. The number of hydrogen-bond donors (Lipinski definition) is 1. The van der Waals surface area contributed by atoms with Gasteiger partial charge in [-0.15, -0.1) is 0 Å². The molecule has 0 unspecified atom stereocenters. The van der Waals surface area contributed by atoms with E-state index >= 15 is 0 Å². The minimum Gasteiger partial charge on any atom is -0.508 e. The van der Waals surface area contributed by atoms with Crippen LogP contribution in [-0.2, 0) is 4.79 Å². The average molecular weight is 317 g/mol. The van der Waals surface area contributed by atoms with Crippen LogP contribution in [0.25, 0.3) is 6.08 Å². The number of aromatic hydroxyl groups is 1. The predicted octanol–water partition coefficient (Wildman–Crippen LogP) is 2.00. The lowest BCUT2D eigenvalue weighted by Gasteiger charge is -2.34. The van der Waals surface area contributed by atoms with Gasteiger partial charge in [0.25, 0.3) is 5.91 Å². The Morgan fingerprint density at radius 3 is 2.55 bits per heavy atom. The van der Waals surface area contributed by atoms with E-state index in [0.717, 1.165) is 43.5 Å². The number of hydrogen-bond acceptors (Lipinski definition) is 5. The summed E-state index contributed by atoms with van der Waals surface area (Å²) in [5.41, 5.74) is 0.890. The summed E-state index contributed by atoms with van der Waals surface area (Å²) < 4.78 is 0. The van der Waals surface area contributed by atoms with Crippen molar-refractivity contribution in [3.05, 3.63) is 34.7 Å². The SMILES string of the molecule is CCN1CCN(C2=NC(=O)/C(=C\c3ccc(O)cc3)S2)CC1. The Kier molecular flexibility index (Phi) is 4.49. The van der Waals surface area contributed by atoms with Crippen LogP contribution in [0.4, 0.5) is 0 Å². The molecule has 3 rings (SSSR count). The van der Waals surface area contributed by atoms with Crippen LogP contribution in [0, 0.1) is 0 Å². The molecule has 1 aromatic rings. The molecule has 1 N–H and O–H groups in total. The Morgan fingerprint density at radius 1 is 1.23 bits per heavy atom. The zero-order valence-electron chi connectivity index (χ0n) is 12.5. The summed E-state index contributed by atoms with van der Waals surface area (Å²) in [6.07, 6.45) is 1.82. The Hall–Kier alpha value is -1.79. The van der Waals surface area contributed by atoms with E-state index in [1.54, 1.807) is 24.3 Å². The Balaban J connectivity index is 1.67. The molecular weight excluding hydrogens is 298 g/mol. The molecule has 0 aliphatic carbocycles. The number of rotatable bonds is 2. The van der Waals surface area contributed by atoms with Gasteiger partial charge in [0.1, 0.15) is 5.75 Å². The number of carbonyl (C=O) groups excluding carboxylic acids is 1. The first-order chi connectivity index (χ1) is 10.7. The van der Waals surface area contributed by atoms with Gasteiger partial charge in [-0.25, -0.2) is 0 Å². The fourth-order valence-electron chi connectivity index (χ4n) is 2.51. The van der Waals surface area contributed by atoms with Crippen molar-refractivity contribution in [2.24, 2.45) is 4.99 Å². The fraction of sp³-hybridized carbons (Fsp3) is 0.375. The average Bonchev–Trinajstić information content (AvgIpc) is 2.91. The Bertz CT molecular complexity index is 617. The van der Waals surface area contributed by atoms with E-state index in [-0.39, 0.29) is 11.7 Å². The van der Waals surface area contributed by atoms with Crippen molar-refractivity contribution in [3.8, 4) is 5.75 Å². The number of thioether (sulfide) groups is 1. The Morgan fingerprint density at radius 2 is 1.91 bits per heavy atom. The molecule has 1 fully saturated rings. The minimum atomic E-state index is -0.175. The van der Waals surface area contributed by atoms with Crippen LogP contribution in [0.1, 0.15) is 12.5 Å². The zero-order valence-corrected chi connectivity index (χ0v) is 13.3. The number of nitrogens with zero attached hydrogens (tertiary/aromatic N) is 3. The molecule has 2 heterocycles. The number of amides is 1. The van der Waals surface area contributed by atoms with E-state index in [0.29, 0.717) is 4.91 Å². The van der Waals surface area contributed by atoms with Crippen molar-refractivity contribution >= 4 is 28.9 Å². The molecule has 0 radical (unpaired) electrons. The summed E-state index contributed by atoms with van der Waals surface area (Å²) in [7, 11) is 0. The van der Waals surface area contributed by atoms with Gasteiger partial charge in [0, 0.05) is 26.2 Å². The van der Waals surface area contributed by atoms with Crippen LogP contribution in [0.2, 0.25) is 0 Å². The first kappa shape index (κ1) is 15.1. The fourth-order valence-corrected chi connectivity index (χ4v) is 3.48. The topological polar surface area (TPSA) is 56.1 Å². The first-order valence-corrected chi connectivity index (χ1v) is 8.26. The van der Waals surface area contributed by atoms with Gasteiger partial charge in [0.05, 0.1) is 4.91 Å². The van der Waals surface area contributed by atoms with Crippen LogP contribution in [0.15, 0.2) is 34.2 Å². The molecule has 0 aromatic heterocycles. The van der Waals surface area contributed by atoms with Crippen LogP contribution >= 0.6 is 11.8 Å². The summed E-state index contributed by atoms with van der Waals surface area (Å²) >= 11 is 1.44. The smallest absolute Gasteiger partial charge is 0.286 e. The maximum absolute atomic E-state index is 12.1. The molecule has 0 bridgehead atoms. The van der Waals surface area contributed by atoms with Gasteiger partial charge >= 0.3 is 0 Å². The molecule has 1 amide bonds. The predicted molar refractivity (Wildman–Crippen MR) is 89.8 cm³/mol. The summed E-state index contributed by atoms with van der Waals surface area (Å²) in [5.74, 6) is 0.0456. The van der Waals surface area contributed by atoms with Gasteiger partial charge in [0.15, 0.2) is 5.17 Å². The van der Waals surface area contributed by atoms with Crippen molar-refractivity contribution in [2.45, 2.75) is 6.92 Å². The molecule has 2 aliphatic rings. The molecule has 0 spiro atoms. The van der Waals surface area contributed by atoms with Crippen molar-refractivity contribution in [1.82, 2.24) is 9.80 Å². The monoisotopic (exact) mass is 317 g/mol. The molecule has 116 valence electrons. The molecule has 0 saturated carbocycles. The highest BCUT2D eigenvalue weighted by Gasteiger charge is 2.28. The lowest BCUT2D eigenvalue weighted by molar-refractivity contribution is -0.113. The minimum absolute atomic E-state index is 0.175. The van der Waals surface area contributed by atoms with E-state index in [2.05, 4.69) is 21.7 Å². The summed E-state index contributed by atoms with van der Waals surface area (Å²) in [5, 5.41) is 10.1. The summed E-state index contributed by atoms with van der Waals surface area (Å²) in [4.78, 5) is 21.5. The lowest BCUT2D eigenvalue weighted by atomic mass is 10.2. The number of amidine groups is 1. The van der Waals surface area contributed by atoms with Crippen LogP contribution < -0.4 is 0 Å². The van der Waals surface area contributed by atoms with Crippen molar-refractivity contribution < 1.29 is 9.90 Å². The molecule has 22 heavy (non-hydrogen) atoms. The van der Waals surface area contributed by atoms with Gasteiger partial charge in [-0.1, -0.05) is 19.1 Å². The maximum Gasteiger partial charge on any atom is 0.286 e. The second kappa shape index (κ2) is 6.54. The number of aliphatic imine (C=N–C) groups is 1. The largest absolute Gasteiger partial charge is 0.508 e. The Labute approximate surface area is 134 Å². The van der Waals surface area contributed by atoms with E-state index in [9.17, 15) is 9.90 Å². The van der Waals surface area contributed by atoms with E-state index in [4.69, 9.17) is 0 Å². The molecule has 0 atom stereocenters. The highest BCUT2D eigenvalue weighted by molar-refractivity contribution is 8.18. The van der Waals surface area contributed by atoms with Crippen LogP contribution in [0.5, 0.6) is 5.75 Å². The van der Waals surface area contributed by atoms with E-state index in [1.807, 2.05) is 6.08 Å². The van der Waals surface area contributed by atoms with Gasteiger partial charge < -0.3 is 14.9 Å². The molecule has 5 nitrogen and oxygen atoms in total. The number of phenols is 1. The third-order valence-electron chi connectivity index (χ3n) is 3.89. The van der Waals surface area contributed by atoms with Gasteiger partial charge in [0.2, 0.25) is 0 Å². The standard InChI is InChI=1S/C16H19N3O2S/c1-2-18-7-9-19(10-8-18)16-17-15(21)14(22-16)11-12-3-5-13(20)6-4-12/h3-6,11,20H,2,7-10H2,1H3/b14-11+. The number of benzene rings is 1. The van der Waals surface area contributed by atoms with Crippen LogP contribution in [0.3, 0.4) is 0 Å². The van der Waals surface area contributed by atoms with Crippen molar-refractivity contribution in [1.29, 1.82) is 0 Å². The number of piperazine rings is 1. The van der Waals surface area contributed by atoms with Crippen LogP contribution in [-0.4, -0.2) is 58.7 Å². The van der Waals surface area contributed by atoms with Crippen molar-refractivity contribution in [3.63, 3.8) is 0 Å². The van der Waals surface area contributed by atoms with Gasteiger partial charge in [-0.2, -0.15) is 4.99 Å². The second-order valence-corrected chi connectivity index (χ2v) is 6.33. The molecular formula is C16H19N3O2S.